The second-order valence-corrected chi connectivity index (χ2v) is 10.1. The molecule has 2 heterocycles. The van der Waals surface area contributed by atoms with Crippen molar-refractivity contribution < 1.29 is 27.5 Å². The number of amides is 2. The fourth-order valence-corrected chi connectivity index (χ4v) is 5.98. The topological polar surface area (TPSA) is 138 Å². The number of nitrogens with zero attached hydrogens (tertiary/aromatic N) is 1. The highest BCUT2D eigenvalue weighted by atomic mass is 32.2. The lowest BCUT2D eigenvalue weighted by Gasteiger charge is -2.30. The number of anilines is 2. The molecule has 1 saturated heterocycles. The third-order valence-electron chi connectivity index (χ3n) is 5.69. The number of aryl methyl sites for hydroxylation is 2. The summed E-state index contributed by atoms with van der Waals surface area (Å²) in [4.78, 5) is 39.1. The van der Waals surface area contributed by atoms with Gasteiger partial charge >= 0.3 is 5.97 Å². The zero-order valence-electron chi connectivity index (χ0n) is 19.7. The monoisotopic (exact) mass is 490 g/mol. The molecule has 2 amide bonds. The van der Waals surface area contributed by atoms with Crippen LogP contribution in [0.1, 0.15) is 48.4 Å². The van der Waals surface area contributed by atoms with Gasteiger partial charge in [0.25, 0.3) is 0 Å². The third-order valence-corrected chi connectivity index (χ3v) is 7.76. The first-order chi connectivity index (χ1) is 16.0. The van der Waals surface area contributed by atoms with E-state index >= 15 is 0 Å². The van der Waals surface area contributed by atoms with Gasteiger partial charge in [-0.25, -0.2) is 13.2 Å². The molecule has 1 fully saturated rings. The van der Waals surface area contributed by atoms with Gasteiger partial charge in [0.1, 0.15) is 10.5 Å². The molecule has 10 nitrogen and oxygen atoms in total. The fraction of sp³-hybridized carbons (Fsp3) is 0.435. The Balaban J connectivity index is 1.67. The van der Waals surface area contributed by atoms with Gasteiger partial charge in [0.15, 0.2) is 0 Å². The number of hydrogen-bond donors (Lipinski definition) is 3. The third kappa shape index (κ3) is 5.48. The summed E-state index contributed by atoms with van der Waals surface area (Å²) in [5, 5.41) is 5.50. The first-order valence-electron chi connectivity index (χ1n) is 11.1. The zero-order valence-corrected chi connectivity index (χ0v) is 20.5. The maximum atomic E-state index is 13.4. The number of aromatic nitrogens is 1. The van der Waals surface area contributed by atoms with Gasteiger partial charge in [0.05, 0.1) is 6.61 Å². The van der Waals surface area contributed by atoms with E-state index in [1.807, 2.05) is 0 Å². The minimum Gasteiger partial charge on any atom is -0.462 e. The Kier molecular flexibility index (Phi) is 7.78. The number of H-pyrrole nitrogens is 1. The second kappa shape index (κ2) is 10.4. The van der Waals surface area contributed by atoms with Gasteiger partial charge in [-0.2, -0.15) is 4.31 Å². The Bertz CT molecular complexity index is 1180. The normalized spacial score (nSPS) is 15.1. The molecule has 3 N–H and O–H groups in total. The number of nitrogens with one attached hydrogen (secondary N) is 3. The predicted molar refractivity (Wildman–Crippen MR) is 127 cm³/mol. The van der Waals surface area contributed by atoms with E-state index in [0.717, 1.165) is 0 Å². The van der Waals surface area contributed by atoms with Crippen LogP contribution in [-0.4, -0.2) is 55.2 Å². The van der Waals surface area contributed by atoms with Crippen molar-refractivity contribution in [2.45, 2.75) is 45.4 Å². The van der Waals surface area contributed by atoms with Crippen LogP contribution >= 0.6 is 0 Å². The first kappa shape index (κ1) is 25.4. The number of benzene rings is 1. The largest absolute Gasteiger partial charge is 0.462 e. The lowest BCUT2D eigenvalue weighted by molar-refractivity contribution is -0.121. The molecule has 1 aromatic carbocycles. The van der Waals surface area contributed by atoms with E-state index in [-0.39, 0.29) is 47.9 Å². The minimum atomic E-state index is -3.95. The van der Waals surface area contributed by atoms with Crippen LogP contribution in [-0.2, 0) is 24.3 Å². The quantitative estimate of drug-likeness (QED) is 0.510. The molecule has 11 heteroatoms. The molecular formula is C23H30N4O6S. The molecule has 0 radical (unpaired) electrons. The summed E-state index contributed by atoms with van der Waals surface area (Å²) in [5.41, 5.74) is 2.06. The Labute approximate surface area is 199 Å². The van der Waals surface area contributed by atoms with Crippen LogP contribution in [0.3, 0.4) is 0 Å². The summed E-state index contributed by atoms with van der Waals surface area (Å²) >= 11 is 0. The number of esters is 1. The smallest absolute Gasteiger partial charge is 0.341 e. The van der Waals surface area contributed by atoms with Gasteiger partial charge < -0.3 is 20.4 Å². The SMILES string of the molecule is CCOC(=O)c1c(C)[nH]c(C)c1S(=O)(=O)N1CCC(C(=O)Nc2ccc(NC(C)=O)cc2)CC1. The van der Waals surface area contributed by atoms with Crippen molar-refractivity contribution in [2.75, 3.05) is 30.3 Å². The molecule has 3 rings (SSSR count). The summed E-state index contributed by atoms with van der Waals surface area (Å²) < 4.78 is 33.2. The number of carbonyl (C=O) groups is 3. The molecule has 184 valence electrons. The van der Waals surface area contributed by atoms with Crippen LogP contribution in [0.25, 0.3) is 0 Å². The highest BCUT2D eigenvalue weighted by molar-refractivity contribution is 7.89. The Morgan fingerprint density at radius 2 is 1.59 bits per heavy atom. The van der Waals surface area contributed by atoms with Gasteiger partial charge in [0.2, 0.25) is 21.8 Å². The van der Waals surface area contributed by atoms with E-state index < -0.39 is 16.0 Å². The molecule has 1 aromatic heterocycles. The standard InChI is InChI=1S/C23H30N4O6S/c1-5-33-23(30)20-14(2)24-15(3)21(20)34(31,32)27-12-10-17(11-13-27)22(29)26-19-8-6-18(7-9-19)25-16(4)28/h6-9,17,24H,5,10-13H2,1-4H3,(H,25,28)(H,26,29). The molecule has 2 aromatic rings. The molecule has 0 unspecified atom stereocenters. The van der Waals surface area contributed by atoms with Crippen molar-refractivity contribution in [1.29, 1.82) is 0 Å². The summed E-state index contributed by atoms with van der Waals surface area (Å²) in [7, 11) is -3.95. The predicted octanol–water partition coefficient (Wildman–Crippen LogP) is 2.81. The number of aromatic amines is 1. The van der Waals surface area contributed by atoms with Crippen LogP contribution in [0.4, 0.5) is 11.4 Å². The van der Waals surface area contributed by atoms with Crippen molar-refractivity contribution in [3.8, 4) is 0 Å². The summed E-state index contributed by atoms with van der Waals surface area (Å²) in [6, 6.07) is 6.76. The molecule has 0 bridgehead atoms. The molecule has 0 atom stereocenters. The lowest BCUT2D eigenvalue weighted by atomic mass is 9.97. The Morgan fingerprint density at radius 3 is 2.12 bits per heavy atom. The number of piperidine rings is 1. The second-order valence-electron chi connectivity index (χ2n) is 8.23. The molecule has 1 aliphatic rings. The van der Waals surface area contributed by atoms with Crippen molar-refractivity contribution in [3.63, 3.8) is 0 Å². The number of hydrogen-bond acceptors (Lipinski definition) is 6. The molecule has 0 spiro atoms. The molecule has 1 aliphatic heterocycles. The average Bonchev–Trinajstić information content (AvgIpc) is 3.09. The summed E-state index contributed by atoms with van der Waals surface area (Å²) in [5.74, 6) is -1.40. The molecule has 0 saturated carbocycles. The van der Waals surface area contributed by atoms with Crippen LogP contribution in [0.5, 0.6) is 0 Å². The van der Waals surface area contributed by atoms with E-state index in [9.17, 15) is 22.8 Å². The van der Waals surface area contributed by atoms with Crippen LogP contribution in [0.15, 0.2) is 29.2 Å². The summed E-state index contributed by atoms with van der Waals surface area (Å²) in [6.45, 7) is 6.78. The van der Waals surface area contributed by atoms with Gasteiger partial charge in [-0.15, -0.1) is 0 Å². The van der Waals surface area contributed by atoms with Crippen LogP contribution in [0, 0.1) is 19.8 Å². The number of sulfonamides is 1. The fourth-order valence-electron chi connectivity index (χ4n) is 4.10. The van der Waals surface area contributed by atoms with E-state index in [0.29, 0.717) is 35.6 Å². The zero-order chi connectivity index (χ0) is 25.0. The van der Waals surface area contributed by atoms with Gasteiger partial charge in [-0.1, -0.05) is 0 Å². The van der Waals surface area contributed by atoms with E-state index in [1.165, 1.54) is 11.2 Å². The van der Waals surface area contributed by atoms with Crippen LogP contribution in [0.2, 0.25) is 0 Å². The van der Waals surface area contributed by atoms with Crippen LogP contribution < -0.4 is 10.6 Å². The number of rotatable bonds is 7. The Hall–Kier alpha value is -3.18. The summed E-state index contributed by atoms with van der Waals surface area (Å²) in [6.07, 6.45) is 0.707. The van der Waals surface area contributed by atoms with Gasteiger partial charge in [-0.05, 0) is 57.9 Å². The number of ether oxygens (including phenoxy) is 1. The van der Waals surface area contributed by atoms with Gasteiger partial charge in [0, 0.05) is 48.7 Å². The maximum absolute atomic E-state index is 13.4. The van der Waals surface area contributed by atoms with Crippen molar-refractivity contribution in [3.05, 3.63) is 41.2 Å². The molecular weight excluding hydrogens is 460 g/mol. The number of carbonyl (C=O) groups excluding carboxylic acids is 3. The van der Waals surface area contributed by atoms with Crippen molar-refractivity contribution in [2.24, 2.45) is 5.92 Å². The van der Waals surface area contributed by atoms with Gasteiger partial charge in [-0.3, -0.25) is 9.59 Å². The van der Waals surface area contributed by atoms with E-state index in [4.69, 9.17) is 4.74 Å². The average molecular weight is 491 g/mol. The highest BCUT2D eigenvalue weighted by Crippen LogP contribution is 2.31. The molecule has 0 aliphatic carbocycles. The lowest BCUT2D eigenvalue weighted by Crippen LogP contribution is -2.41. The van der Waals surface area contributed by atoms with E-state index in [1.54, 1.807) is 45.0 Å². The van der Waals surface area contributed by atoms with Crippen molar-refractivity contribution >= 4 is 39.2 Å². The Morgan fingerprint density at radius 1 is 1.03 bits per heavy atom. The molecule has 34 heavy (non-hydrogen) atoms. The first-order valence-corrected chi connectivity index (χ1v) is 12.5. The minimum absolute atomic E-state index is 0.0296. The van der Waals surface area contributed by atoms with E-state index in [2.05, 4.69) is 15.6 Å². The highest BCUT2D eigenvalue weighted by Gasteiger charge is 2.37. The van der Waals surface area contributed by atoms with Crippen molar-refractivity contribution in [1.82, 2.24) is 9.29 Å². The maximum Gasteiger partial charge on any atom is 0.341 e.